The average Bonchev–Trinajstić information content (AvgIpc) is 3.52. The van der Waals surface area contributed by atoms with Gasteiger partial charge in [0.15, 0.2) is 5.82 Å². The number of phenolic OH excluding ortho intramolecular Hbond substituents is 1. The van der Waals surface area contributed by atoms with Gasteiger partial charge in [-0.1, -0.05) is 12.0 Å². The number of aromatic hydroxyl groups is 1. The van der Waals surface area contributed by atoms with Crippen molar-refractivity contribution in [3.63, 3.8) is 0 Å². The van der Waals surface area contributed by atoms with Gasteiger partial charge in [0.25, 0.3) is 5.92 Å². The van der Waals surface area contributed by atoms with Crippen LogP contribution >= 0.6 is 0 Å². The van der Waals surface area contributed by atoms with Crippen molar-refractivity contribution in [1.82, 2.24) is 14.9 Å². The Labute approximate surface area is 255 Å². The fourth-order valence-electron chi connectivity index (χ4n) is 7.31. The van der Waals surface area contributed by atoms with E-state index in [1.54, 1.807) is 6.92 Å². The highest BCUT2D eigenvalue weighted by atomic mass is 19.3. The van der Waals surface area contributed by atoms with Crippen molar-refractivity contribution < 1.29 is 31.8 Å². The van der Waals surface area contributed by atoms with Crippen molar-refractivity contribution in [3.05, 3.63) is 51.6 Å². The number of aryl methyl sites for hydroxylation is 1. The van der Waals surface area contributed by atoms with E-state index in [2.05, 4.69) is 20.8 Å². The summed E-state index contributed by atoms with van der Waals surface area (Å²) in [5, 5.41) is 11.1. The molecular formula is C33H30F4N4O4. The quantitative estimate of drug-likeness (QED) is 0.223. The molecule has 0 spiro atoms. The highest BCUT2D eigenvalue weighted by Crippen LogP contribution is 2.42. The normalized spacial score (nSPS) is 23.0. The number of ether oxygens (including phenoxy) is 1. The Kier molecular flexibility index (Phi) is 6.92. The number of halogens is 4. The number of piperidine rings is 1. The van der Waals surface area contributed by atoms with Crippen molar-refractivity contribution in [2.24, 2.45) is 0 Å². The van der Waals surface area contributed by atoms with Gasteiger partial charge < -0.3 is 19.2 Å². The molecule has 3 aliphatic heterocycles. The monoisotopic (exact) mass is 622 g/mol. The smallest absolute Gasteiger partial charge is 0.349 e. The zero-order valence-corrected chi connectivity index (χ0v) is 24.5. The number of fused-ring (bicyclic) bond motifs is 3. The van der Waals surface area contributed by atoms with Crippen molar-refractivity contribution in [2.75, 3.05) is 37.7 Å². The van der Waals surface area contributed by atoms with Crippen LogP contribution in [0.25, 0.3) is 33.0 Å². The number of alkyl halides is 3. The Hall–Kier alpha value is -4.37. The number of phenols is 1. The third-order valence-corrected chi connectivity index (χ3v) is 9.33. The van der Waals surface area contributed by atoms with Gasteiger partial charge in [-0.2, -0.15) is 9.97 Å². The maximum Gasteiger partial charge on any atom is 0.349 e. The Balaban J connectivity index is 1.42. The van der Waals surface area contributed by atoms with Crippen LogP contribution in [0.5, 0.6) is 11.8 Å². The largest absolute Gasteiger partial charge is 0.508 e. The second kappa shape index (κ2) is 10.6. The van der Waals surface area contributed by atoms with E-state index in [4.69, 9.17) is 15.6 Å². The molecule has 0 unspecified atom stereocenters. The molecule has 8 nitrogen and oxygen atoms in total. The second-order valence-corrected chi connectivity index (χ2v) is 12.3. The summed E-state index contributed by atoms with van der Waals surface area (Å²) in [5.41, 5.74) is -0.987. The molecule has 45 heavy (non-hydrogen) atoms. The van der Waals surface area contributed by atoms with Crippen LogP contribution in [0.1, 0.15) is 43.2 Å². The number of hydrogen-bond donors (Lipinski definition) is 1. The molecular weight excluding hydrogens is 592 g/mol. The predicted octanol–water partition coefficient (Wildman–Crippen LogP) is 5.73. The van der Waals surface area contributed by atoms with E-state index in [0.717, 1.165) is 19.4 Å². The summed E-state index contributed by atoms with van der Waals surface area (Å²) in [6.45, 7) is 2.31. The van der Waals surface area contributed by atoms with E-state index < -0.39 is 35.6 Å². The van der Waals surface area contributed by atoms with Crippen LogP contribution in [0.2, 0.25) is 0 Å². The van der Waals surface area contributed by atoms with Crippen LogP contribution in [0.15, 0.2) is 33.5 Å². The number of terminal acetylenes is 1. The van der Waals surface area contributed by atoms with Crippen molar-refractivity contribution in [2.45, 2.75) is 56.7 Å². The summed E-state index contributed by atoms with van der Waals surface area (Å²) in [7, 11) is 0. The Morgan fingerprint density at radius 3 is 2.76 bits per heavy atom. The zero-order valence-electron chi connectivity index (χ0n) is 24.5. The van der Waals surface area contributed by atoms with E-state index in [1.165, 1.54) is 29.2 Å². The van der Waals surface area contributed by atoms with E-state index in [0.29, 0.717) is 23.9 Å². The standard InChI is InChI=1S/C33H30F4N4O4/c1-3-22-24(35)7-6-19-12-21(42)13-23(25(19)22)28-18(2)27-26(30(43)45-28)29(40-10-5-9-33(36,37)16-40)39-31(38-27)44-17-32-8-4-11-41(32)15-20(34)14-32/h1,6-7,12-13,20,42H,4-5,8-11,14-17H2,2H3/t20-,32+/m1/s1. The van der Waals surface area contributed by atoms with Gasteiger partial charge in [-0.05, 0) is 56.3 Å². The van der Waals surface area contributed by atoms with Gasteiger partial charge in [0.05, 0.1) is 23.2 Å². The number of nitrogens with zero attached hydrogens (tertiary/aromatic N) is 4. The number of rotatable bonds is 5. The first-order valence-corrected chi connectivity index (χ1v) is 14.9. The van der Waals surface area contributed by atoms with Crippen molar-refractivity contribution in [1.29, 1.82) is 0 Å². The fourth-order valence-corrected chi connectivity index (χ4v) is 7.31. The molecule has 1 N–H and O–H groups in total. The number of hydrogen-bond acceptors (Lipinski definition) is 8. The average molecular weight is 623 g/mol. The minimum absolute atomic E-state index is 0.0355. The zero-order chi connectivity index (χ0) is 31.7. The Morgan fingerprint density at radius 2 is 1.98 bits per heavy atom. The summed E-state index contributed by atoms with van der Waals surface area (Å²) >= 11 is 0. The van der Waals surface area contributed by atoms with Crippen LogP contribution in [-0.2, 0) is 0 Å². The van der Waals surface area contributed by atoms with Gasteiger partial charge in [0, 0.05) is 42.4 Å². The molecule has 0 aliphatic carbocycles. The molecule has 4 aromatic rings. The first kappa shape index (κ1) is 29.3. The van der Waals surface area contributed by atoms with Crippen molar-refractivity contribution in [3.8, 4) is 35.4 Å². The lowest BCUT2D eigenvalue weighted by molar-refractivity contribution is -0.0118. The third-order valence-electron chi connectivity index (χ3n) is 9.33. The highest BCUT2D eigenvalue weighted by Gasteiger charge is 2.49. The van der Waals surface area contributed by atoms with Crippen LogP contribution in [-0.4, -0.2) is 70.4 Å². The topological polar surface area (TPSA) is 91.9 Å². The highest BCUT2D eigenvalue weighted by molar-refractivity contribution is 6.03. The van der Waals surface area contributed by atoms with Gasteiger partial charge >= 0.3 is 11.6 Å². The van der Waals surface area contributed by atoms with E-state index in [9.17, 15) is 27.5 Å². The van der Waals surface area contributed by atoms with Gasteiger partial charge in [-0.15, -0.1) is 6.42 Å². The molecule has 5 heterocycles. The molecule has 0 amide bonds. The maximum absolute atomic E-state index is 14.8. The molecule has 0 saturated carbocycles. The van der Waals surface area contributed by atoms with Crippen LogP contribution < -0.4 is 15.3 Å². The number of anilines is 1. The lowest BCUT2D eigenvalue weighted by atomic mass is 9.95. The lowest BCUT2D eigenvalue weighted by Gasteiger charge is -2.34. The molecule has 12 heteroatoms. The van der Waals surface area contributed by atoms with Gasteiger partial charge in [0.2, 0.25) is 0 Å². The summed E-state index contributed by atoms with van der Waals surface area (Å²) in [6.07, 6.45) is 6.48. The van der Waals surface area contributed by atoms with Crippen LogP contribution in [0.4, 0.5) is 23.4 Å². The SMILES string of the molecule is C#Cc1c(F)ccc2cc(O)cc(-c3oc(=O)c4c(N5CCCC(F)(F)C5)nc(OC[C@@]56CCCN5C[C@H](F)C6)nc4c3C)c12. The third kappa shape index (κ3) is 4.94. The molecule has 2 atom stereocenters. The molecule has 7 rings (SSSR count). The summed E-state index contributed by atoms with van der Waals surface area (Å²) < 4.78 is 70.4. The van der Waals surface area contributed by atoms with Gasteiger partial charge in [0.1, 0.15) is 35.5 Å². The minimum atomic E-state index is -3.01. The molecule has 0 bridgehead atoms. The lowest BCUT2D eigenvalue weighted by Crippen LogP contribution is -2.44. The first-order valence-electron chi connectivity index (χ1n) is 14.9. The number of benzene rings is 2. The van der Waals surface area contributed by atoms with E-state index >= 15 is 0 Å². The minimum Gasteiger partial charge on any atom is -0.508 e. The van der Waals surface area contributed by atoms with Crippen LogP contribution in [0, 0.1) is 25.1 Å². The fraction of sp³-hybridized carbons (Fsp3) is 0.424. The molecule has 2 aromatic carbocycles. The molecule has 3 aliphatic rings. The molecule has 234 valence electrons. The van der Waals surface area contributed by atoms with E-state index in [-0.39, 0.29) is 76.7 Å². The second-order valence-electron chi connectivity index (χ2n) is 12.3. The number of aromatic nitrogens is 2. The molecule has 3 saturated heterocycles. The van der Waals surface area contributed by atoms with Gasteiger partial charge in [-0.3, -0.25) is 4.90 Å². The maximum atomic E-state index is 14.8. The molecule has 0 radical (unpaired) electrons. The van der Waals surface area contributed by atoms with Gasteiger partial charge in [-0.25, -0.2) is 22.4 Å². The molecule has 3 fully saturated rings. The molecule has 2 aromatic heterocycles. The Morgan fingerprint density at radius 1 is 1.18 bits per heavy atom. The van der Waals surface area contributed by atoms with Crippen LogP contribution in [0.3, 0.4) is 0 Å². The summed E-state index contributed by atoms with van der Waals surface area (Å²) in [4.78, 5) is 26.2. The first-order chi connectivity index (χ1) is 21.5. The predicted molar refractivity (Wildman–Crippen MR) is 160 cm³/mol. The van der Waals surface area contributed by atoms with Crippen molar-refractivity contribution >= 4 is 27.5 Å². The summed E-state index contributed by atoms with van der Waals surface area (Å²) in [6, 6.07) is 5.20. The Bertz CT molecular complexity index is 1960. The summed E-state index contributed by atoms with van der Waals surface area (Å²) in [5.74, 6) is -1.61. The van der Waals surface area contributed by atoms with E-state index in [1.807, 2.05) is 0 Å².